The van der Waals surface area contributed by atoms with Crippen LogP contribution in [0.2, 0.25) is 5.02 Å². The molecule has 0 aliphatic carbocycles. The second-order valence-corrected chi connectivity index (χ2v) is 7.44. The number of halogens is 1. The molecule has 0 aliphatic rings. The van der Waals surface area contributed by atoms with Crippen LogP contribution in [0.3, 0.4) is 0 Å². The van der Waals surface area contributed by atoms with Gasteiger partial charge in [0.2, 0.25) is 0 Å². The van der Waals surface area contributed by atoms with Gasteiger partial charge in [-0.25, -0.2) is 9.78 Å². The van der Waals surface area contributed by atoms with E-state index in [4.69, 9.17) is 25.8 Å². The molecule has 3 aromatic rings. The molecule has 160 valence electrons. The lowest BCUT2D eigenvalue weighted by Gasteiger charge is -2.08. The Labute approximate surface area is 188 Å². The van der Waals surface area contributed by atoms with Crippen molar-refractivity contribution < 1.29 is 23.8 Å². The Morgan fingerprint density at radius 2 is 1.90 bits per heavy atom. The minimum atomic E-state index is -0.633. The van der Waals surface area contributed by atoms with Gasteiger partial charge in [-0.05, 0) is 42.0 Å². The fourth-order valence-electron chi connectivity index (χ4n) is 2.55. The maximum Gasteiger partial charge on any atom is 0.331 e. The summed E-state index contributed by atoms with van der Waals surface area (Å²) in [6, 6.07) is 12.3. The lowest BCUT2D eigenvalue weighted by atomic mass is 10.1. The van der Waals surface area contributed by atoms with Crippen LogP contribution < -0.4 is 14.8 Å². The largest absolute Gasteiger partial charge is 0.497 e. The topological polar surface area (TPSA) is 86.8 Å². The zero-order chi connectivity index (χ0) is 22.2. The fraction of sp³-hybridized carbons (Fsp3) is 0.136. The number of amides is 1. The number of hydrogen-bond acceptors (Lipinski definition) is 7. The summed E-state index contributed by atoms with van der Waals surface area (Å²) >= 11 is 7.06. The number of methoxy groups -OCH3 is 2. The predicted molar refractivity (Wildman–Crippen MR) is 121 cm³/mol. The van der Waals surface area contributed by atoms with Gasteiger partial charge < -0.3 is 14.2 Å². The Morgan fingerprint density at radius 3 is 2.61 bits per heavy atom. The second kappa shape index (κ2) is 10.6. The molecule has 1 amide bonds. The van der Waals surface area contributed by atoms with Crippen LogP contribution in [0.5, 0.6) is 11.5 Å². The van der Waals surface area contributed by atoms with Gasteiger partial charge in [-0.1, -0.05) is 23.7 Å². The molecule has 3 rings (SSSR count). The van der Waals surface area contributed by atoms with Gasteiger partial charge in [0.1, 0.15) is 11.5 Å². The smallest absolute Gasteiger partial charge is 0.331 e. The summed E-state index contributed by atoms with van der Waals surface area (Å²) in [6.45, 7) is -0.429. The SMILES string of the molecule is COc1ccc(OC)c(-c2csc(NC(=O)COC(=O)/C=C/c3ccc(Cl)cc3)n2)c1. The van der Waals surface area contributed by atoms with Gasteiger partial charge in [0.15, 0.2) is 11.7 Å². The Bertz CT molecular complexity index is 1100. The Hall–Kier alpha value is -3.36. The highest BCUT2D eigenvalue weighted by molar-refractivity contribution is 7.14. The Kier molecular flexibility index (Phi) is 7.64. The molecule has 1 heterocycles. The molecule has 0 saturated heterocycles. The quantitative estimate of drug-likeness (QED) is 0.389. The summed E-state index contributed by atoms with van der Waals surface area (Å²) in [5.41, 5.74) is 2.14. The number of thiazole rings is 1. The van der Waals surface area contributed by atoms with E-state index in [0.717, 1.165) is 11.1 Å². The van der Waals surface area contributed by atoms with Gasteiger partial charge in [-0.3, -0.25) is 10.1 Å². The lowest BCUT2D eigenvalue weighted by molar-refractivity contribution is -0.142. The van der Waals surface area contributed by atoms with Crippen molar-refractivity contribution in [1.29, 1.82) is 0 Å². The number of nitrogens with zero attached hydrogens (tertiary/aromatic N) is 1. The van der Waals surface area contributed by atoms with Gasteiger partial charge in [-0.15, -0.1) is 11.3 Å². The predicted octanol–water partition coefficient (Wildman–Crippen LogP) is 4.68. The van der Waals surface area contributed by atoms with Gasteiger partial charge in [0, 0.05) is 22.0 Å². The van der Waals surface area contributed by atoms with Crippen LogP contribution in [0.15, 0.2) is 53.9 Å². The third-order valence-corrected chi connectivity index (χ3v) is 5.07. The molecule has 0 unspecified atom stereocenters. The number of carbonyl (C=O) groups is 2. The molecule has 0 atom stereocenters. The summed E-state index contributed by atoms with van der Waals surface area (Å²) in [6.07, 6.45) is 2.82. The minimum absolute atomic E-state index is 0.373. The zero-order valence-corrected chi connectivity index (χ0v) is 18.3. The number of carbonyl (C=O) groups excluding carboxylic acids is 2. The molecule has 0 aliphatic heterocycles. The van der Waals surface area contributed by atoms with Crippen LogP contribution in [0, 0.1) is 0 Å². The number of aromatic nitrogens is 1. The summed E-state index contributed by atoms with van der Waals surface area (Å²) in [5.74, 6) is 0.163. The zero-order valence-electron chi connectivity index (χ0n) is 16.8. The van der Waals surface area contributed by atoms with Crippen LogP contribution in [0.25, 0.3) is 17.3 Å². The van der Waals surface area contributed by atoms with Gasteiger partial charge >= 0.3 is 5.97 Å². The molecular weight excluding hydrogens is 440 g/mol. The van der Waals surface area contributed by atoms with E-state index in [1.807, 2.05) is 0 Å². The van der Waals surface area contributed by atoms with Crippen LogP contribution >= 0.6 is 22.9 Å². The number of ether oxygens (including phenoxy) is 3. The average Bonchev–Trinajstić information content (AvgIpc) is 3.25. The first-order valence-corrected chi connectivity index (χ1v) is 10.3. The number of nitrogens with one attached hydrogen (secondary N) is 1. The molecule has 9 heteroatoms. The molecule has 0 bridgehead atoms. The summed E-state index contributed by atoms with van der Waals surface area (Å²) in [7, 11) is 3.14. The first-order valence-electron chi connectivity index (χ1n) is 9.06. The average molecular weight is 459 g/mol. The first-order chi connectivity index (χ1) is 15.0. The maximum absolute atomic E-state index is 12.1. The van der Waals surface area contributed by atoms with Crippen molar-refractivity contribution in [3.63, 3.8) is 0 Å². The summed E-state index contributed by atoms with van der Waals surface area (Å²) < 4.78 is 15.6. The van der Waals surface area contributed by atoms with Crippen LogP contribution in [-0.2, 0) is 14.3 Å². The van der Waals surface area contributed by atoms with Crippen molar-refractivity contribution in [1.82, 2.24) is 4.98 Å². The summed E-state index contributed by atoms with van der Waals surface area (Å²) in [5, 5.41) is 5.38. The van der Waals surface area contributed by atoms with Crippen molar-refractivity contribution in [3.8, 4) is 22.8 Å². The number of benzene rings is 2. The van der Waals surface area contributed by atoms with E-state index >= 15 is 0 Å². The van der Waals surface area contributed by atoms with E-state index in [2.05, 4.69) is 10.3 Å². The molecule has 0 radical (unpaired) electrons. The lowest BCUT2D eigenvalue weighted by Crippen LogP contribution is -2.20. The fourth-order valence-corrected chi connectivity index (χ4v) is 3.40. The van der Waals surface area contributed by atoms with Crippen molar-refractivity contribution in [3.05, 3.63) is 64.5 Å². The molecule has 1 N–H and O–H groups in total. The van der Waals surface area contributed by atoms with Crippen molar-refractivity contribution in [2.75, 3.05) is 26.1 Å². The highest BCUT2D eigenvalue weighted by Gasteiger charge is 2.13. The van der Waals surface area contributed by atoms with Crippen LogP contribution in [0.4, 0.5) is 5.13 Å². The van der Waals surface area contributed by atoms with Crippen LogP contribution in [0.1, 0.15) is 5.56 Å². The van der Waals surface area contributed by atoms with Crippen LogP contribution in [-0.4, -0.2) is 37.7 Å². The molecule has 7 nitrogen and oxygen atoms in total. The number of anilines is 1. The summed E-state index contributed by atoms with van der Waals surface area (Å²) in [4.78, 5) is 28.3. The Morgan fingerprint density at radius 1 is 1.13 bits per heavy atom. The van der Waals surface area contributed by atoms with Crippen molar-refractivity contribution in [2.45, 2.75) is 0 Å². The highest BCUT2D eigenvalue weighted by Crippen LogP contribution is 2.34. The van der Waals surface area contributed by atoms with Gasteiger partial charge in [0.05, 0.1) is 19.9 Å². The molecule has 0 saturated carbocycles. The van der Waals surface area contributed by atoms with Gasteiger partial charge in [-0.2, -0.15) is 0 Å². The van der Waals surface area contributed by atoms with E-state index < -0.39 is 18.5 Å². The maximum atomic E-state index is 12.1. The molecular formula is C22H19ClN2O5S. The van der Waals surface area contributed by atoms with E-state index in [1.165, 1.54) is 17.4 Å². The molecule has 1 aromatic heterocycles. The number of esters is 1. The van der Waals surface area contributed by atoms with E-state index in [9.17, 15) is 9.59 Å². The normalized spacial score (nSPS) is 10.7. The van der Waals surface area contributed by atoms with Crippen molar-refractivity contribution >= 4 is 46.0 Å². The number of rotatable bonds is 8. The van der Waals surface area contributed by atoms with Gasteiger partial charge in [0.25, 0.3) is 5.91 Å². The molecule has 0 spiro atoms. The first kappa shape index (κ1) is 22.3. The third-order valence-electron chi connectivity index (χ3n) is 4.06. The molecule has 0 fully saturated rings. The monoisotopic (exact) mass is 458 g/mol. The standard InChI is InChI=1S/C22H19ClN2O5S/c1-28-16-8-9-19(29-2)17(11-16)18-13-31-22(24-18)25-20(26)12-30-21(27)10-5-14-3-6-15(23)7-4-14/h3-11,13H,12H2,1-2H3,(H,24,25,26)/b10-5+. The molecule has 2 aromatic carbocycles. The van der Waals surface area contributed by atoms with Crippen molar-refractivity contribution in [2.24, 2.45) is 0 Å². The highest BCUT2D eigenvalue weighted by atomic mass is 35.5. The number of hydrogen-bond donors (Lipinski definition) is 1. The Balaban J connectivity index is 1.55. The molecule has 31 heavy (non-hydrogen) atoms. The van der Waals surface area contributed by atoms with E-state index in [-0.39, 0.29) is 0 Å². The second-order valence-electron chi connectivity index (χ2n) is 6.14. The minimum Gasteiger partial charge on any atom is -0.497 e. The van der Waals surface area contributed by atoms with E-state index in [0.29, 0.717) is 27.3 Å². The third kappa shape index (κ3) is 6.31. The van der Waals surface area contributed by atoms with E-state index in [1.54, 1.807) is 68.1 Å².